The first-order valence-corrected chi connectivity index (χ1v) is 9.86. The fourth-order valence-corrected chi connectivity index (χ4v) is 4.30. The van der Waals surface area contributed by atoms with Crippen molar-refractivity contribution in [2.45, 2.75) is 19.3 Å². The Hall–Kier alpha value is -2.83. The van der Waals surface area contributed by atoms with E-state index in [4.69, 9.17) is 10.5 Å². The third-order valence-corrected chi connectivity index (χ3v) is 5.77. The Labute approximate surface area is 170 Å². The number of ether oxygens (including phenoxy) is 1. The van der Waals surface area contributed by atoms with E-state index in [-0.39, 0.29) is 12.4 Å². The van der Waals surface area contributed by atoms with Gasteiger partial charge in [0, 0.05) is 16.1 Å². The Balaban J connectivity index is 1.60. The van der Waals surface area contributed by atoms with Gasteiger partial charge in [-0.05, 0) is 52.4 Å². The molecule has 0 aliphatic heterocycles. The summed E-state index contributed by atoms with van der Waals surface area (Å²) in [5, 5.41) is 1.08. The molecule has 29 heavy (non-hydrogen) atoms. The Morgan fingerprint density at radius 2 is 1.69 bits per heavy atom. The van der Waals surface area contributed by atoms with Crippen molar-refractivity contribution in [1.29, 1.82) is 0 Å². The molecule has 0 amide bonds. The van der Waals surface area contributed by atoms with E-state index in [1.54, 1.807) is 11.3 Å². The molecule has 0 spiro atoms. The fourth-order valence-electron chi connectivity index (χ4n) is 3.20. The van der Waals surface area contributed by atoms with Gasteiger partial charge in [0.2, 0.25) is 0 Å². The number of nitrogens with two attached hydrogens (primary N) is 1. The molecule has 2 N–H and O–H groups in total. The van der Waals surface area contributed by atoms with Crippen LogP contribution in [0.15, 0.2) is 72.8 Å². The van der Waals surface area contributed by atoms with Gasteiger partial charge in [0.25, 0.3) is 0 Å². The number of rotatable bonds is 5. The normalized spacial score (nSPS) is 11.7. The van der Waals surface area contributed by atoms with Crippen LogP contribution in [0.2, 0.25) is 0 Å². The molecule has 148 valence electrons. The molecular formula is C23H18F3NOS. The van der Waals surface area contributed by atoms with Crippen LogP contribution in [0, 0.1) is 0 Å². The standard InChI is InChI=1S/C23H18F3NOS/c24-23(25,26)18-7-3-8-19(12-18)28-14-20-11-17-6-2-9-21(22(17)29-20)16-5-1-4-15(10-16)13-27/h1-12H,13-14,27H2. The predicted octanol–water partition coefficient (Wildman–Crippen LogP) is 6.62. The number of fused-ring (bicyclic) bond motifs is 1. The Bertz CT molecular complexity index is 1150. The lowest BCUT2D eigenvalue weighted by Gasteiger charge is -2.09. The van der Waals surface area contributed by atoms with Gasteiger partial charge in [0.05, 0.1) is 5.56 Å². The number of hydrogen-bond donors (Lipinski definition) is 1. The first kappa shape index (κ1) is 19.5. The summed E-state index contributed by atoms with van der Waals surface area (Å²) in [6.07, 6.45) is -4.38. The highest BCUT2D eigenvalue weighted by Gasteiger charge is 2.30. The molecule has 0 unspecified atom stereocenters. The quantitative estimate of drug-likeness (QED) is 0.399. The van der Waals surface area contributed by atoms with Crippen LogP contribution in [-0.4, -0.2) is 0 Å². The summed E-state index contributed by atoms with van der Waals surface area (Å²) in [6, 6.07) is 21.2. The predicted molar refractivity (Wildman–Crippen MR) is 111 cm³/mol. The van der Waals surface area contributed by atoms with E-state index in [9.17, 15) is 13.2 Å². The van der Waals surface area contributed by atoms with Gasteiger partial charge in [0.1, 0.15) is 12.4 Å². The van der Waals surface area contributed by atoms with Gasteiger partial charge in [0.15, 0.2) is 0 Å². The van der Waals surface area contributed by atoms with E-state index in [1.165, 1.54) is 12.1 Å². The molecule has 0 atom stereocenters. The molecular weight excluding hydrogens is 395 g/mol. The van der Waals surface area contributed by atoms with E-state index in [1.807, 2.05) is 36.4 Å². The summed E-state index contributed by atoms with van der Waals surface area (Å²) in [5.74, 6) is 0.202. The molecule has 3 aromatic carbocycles. The Kier molecular flexibility index (Phi) is 5.30. The van der Waals surface area contributed by atoms with Crippen molar-refractivity contribution in [3.8, 4) is 16.9 Å². The zero-order valence-corrected chi connectivity index (χ0v) is 16.2. The average Bonchev–Trinajstić information content (AvgIpc) is 3.15. The van der Waals surface area contributed by atoms with Crippen LogP contribution in [0.5, 0.6) is 5.75 Å². The van der Waals surface area contributed by atoms with E-state index in [0.29, 0.717) is 6.54 Å². The third kappa shape index (κ3) is 4.28. The van der Waals surface area contributed by atoms with E-state index in [0.717, 1.165) is 43.8 Å². The van der Waals surface area contributed by atoms with Crippen LogP contribution in [0.3, 0.4) is 0 Å². The third-order valence-electron chi connectivity index (χ3n) is 4.61. The molecule has 0 saturated heterocycles. The molecule has 1 heterocycles. The first-order valence-electron chi connectivity index (χ1n) is 9.05. The lowest BCUT2D eigenvalue weighted by molar-refractivity contribution is -0.137. The summed E-state index contributed by atoms with van der Waals surface area (Å²) in [4.78, 5) is 0.944. The van der Waals surface area contributed by atoms with Crippen molar-refractivity contribution < 1.29 is 17.9 Å². The average molecular weight is 413 g/mol. The zero-order chi connectivity index (χ0) is 20.4. The summed E-state index contributed by atoms with van der Waals surface area (Å²) in [6.45, 7) is 0.688. The van der Waals surface area contributed by atoms with Crippen molar-refractivity contribution in [1.82, 2.24) is 0 Å². The second-order valence-corrected chi connectivity index (χ2v) is 7.79. The summed E-state index contributed by atoms with van der Waals surface area (Å²) in [5.41, 5.74) is 8.30. The highest BCUT2D eigenvalue weighted by Crippen LogP contribution is 2.36. The molecule has 0 bridgehead atoms. The van der Waals surface area contributed by atoms with Gasteiger partial charge in [-0.25, -0.2) is 0 Å². The van der Waals surface area contributed by atoms with Gasteiger partial charge in [-0.2, -0.15) is 13.2 Å². The molecule has 0 radical (unpaired) electrons. The minimum absolute atomic E-state index is 0.202. The summed E-state index contributed by atoms with van der Waals surface area (Å²) in [7, 11) is 0. The van der Waals surface area contributed by atoms with Crippen LogP contribution in [0.4, 0.5) is 13.2 Å². The Morgan fingerprint density at radius 1 is 0.897 bits per heavy atom. The lowest BCUT2D eigenvalue weighted by Crippen LogP contribution is -2.05. The second kappa shape index (κ2) is 7.89. The molecule has 0 aliphatic carbocycles. The van der Waals surface area contributed by atoms with E-state index in [2.05, 4.69) is 12.1 Å². The SMILES string of the molecule is NCc1cccc(-c2cccc3cc(COc4cccc(C(F)(F)F)c4)sc23)c1. The minimum atomic E-state index is -4.38. The van der Waals surface area contributed by atoms with Crippen molar-refractivity contribution in [2.75, 3.05) is 0 Å². The number of benzene rings is 3. The highest BCUT2D eigenvalue weighted by molar-refractivity contribution is 7.19. The smallest absolute Gasteiger partial charge is 0.416 e. The molecule has 4 rings (SSSR count). The van der Waals surface area contributed by atoms with Crippen molar-refractivity contribution in [3.63, 3.8) is 0 Å². The molecule has 0 aliphatic rings. The van der Waals surface area contributed by atoms with Crippen LogP contribution < -0.4 is 10.5 Å². The van der Waals surface area contributed by atoms with Crippen LogP contribution in [0.25, 0.3) is 21.2 Å². The number of thiophene rings is 1. The van der Waals surface area contributed by atoms with Crippen LogP contribution in [-0.2, 0) is 19.3 Å². The Morgan fingerprint density at radius 3 is 2.48 bits per heavy atom. The maximum absolute atomic E-state index is 12.9. The van der Waals surface area contributed by atoms with Crippen molar-refractivity contribution >= 4 is 21.4 Å². The van der Waals surface area contributed by atoms with Gasteiger partial charge in [-0.1, -0.05) is 42.5 Å². The fraction of sp³-hybridized carbons (Fsp3) is 0.130. The van der Waals surface area contributed by atoms with Gasteiger partial charge in [-0.15, -0.1) is 11.3 Å². The van der Waals surface area contributed by atoms with Crippen LogP contribution in [0.1, 0.15) is 16.0 Å². The topological polar surface area (TPSA) is 35.2 Å². The highest BCUT2D eigenvalue weighted by atomic mass is 32.1. The first-order chi connectivity index (χ1) is 13.9. The van der Waals surface area contributed by atoms with Crippen molar-refractivity contribution in [3.05, 3.63) is 88.8 Å². The van der Waals surface area contributed by atoms with Gasteiger partial charge < -0.3 is 10.5 Å². The number of hydrogen-bond acceptors (Lipinski definition) is 3. The van der Waals surface area contributed by atoms with E-state index < -0.39 is 11.7 Å². The molecule has 2 nitrogen and oxygen atoms in total. The monoisotopic (exact) mass is 413 g/mol. The zero-order valence-electron chi connectivity index (χ0n) is 15.4. The molecule has 0 fully saturated rings. The molecule has 6 heteroatoms. The van der Waals surface area contributed by atoms with Crippen molar-refractivity contribution in [2.24, 2.45) is 5.73 Å². The number of alkyl halides is 3. The maximum atomic E-state index is 12.9. The van der Waals surface area contributed by atoms with E-state index >= 15 is 0 Å². The largest absolute Gasteiger partial charge is 0.488 e. The van der Waals surface area contributed by atoms with Crippen LogP contribution >= 0.6 is 11.3 Å². The number of halogens is 3. The lowest BCUT2D eigenvalue weighted by atomic mass is 10.0. The summed E-state index contributed by atoms with van der Waals surface area (Å²) >= 11 is 1.58. The molecule has 0 saturated carbocycles. The van der Waals surface area contributed by atoms with Gasteiger partial charge in [-0.3, -0.25) is 0 Å². The molecule has 4 aromatic rings. The second-order valence-electron chi connectivity index (χ2n) is 6.66. The maximum Gasteiger partial charge on any atom is 0.416 e. The van der Waals surface area contributed by atoms with Gasteiger partial charge >= 0.3 is 6.18 Å². The molecule has 1 aromatic heterocycles. The minimum Gasteiger partial charge on any atom is -0.488 e. The summed E-state index contributed by atoms with van der Waals surface area (Å²) < 4.78 is 45.4.